The highest BCUT2D eigenvalue weighted by Gasteiger charge is 1.94. The summed E-state index contributed by atoms with van der Waals surface area (Å²) in [7, 11) is 3.27. The summed E-state index contributed by atoms with van der Waals surface area (Å²) in [4.78, 5) is 0. The molecule has 0 aromatic rings. The van der Waals surface area contributed by atoms with Crippen molar-refractivity contribution in [1.82, 2.24) is 4.57 Å². The molecule has 0 saturated carbocycles. The SMILES string of the molecule is CCCN([Si])C(=S)S. The van der Waals surface area contributed by atoms with Gasteiger partial charge in [0.15, 0.2) is 10.4 Å². The Balaban J connectivity index is 3.32. The average Bonchev–Trinajstić information content (AvgIpc) is 1.67. The van der Waals surface area contributed by atoms with Crippen LogP contribution in [-0.2, 0) is 0 Å². The first-order chi connectivity index (χ1) is 3.68. The van der Waals surface area contributed by atoms with Crippen molar-refractivity contribution in [2.75, 3.05) is 6.54 Å². The van der Waals surface area contributed by atoms with Gasteiger partial charge in [-0.15, -0.1) is 12.6 Å². The Morgan fingerprint density at radius 3 is 2.50 bits per heavy atom. The monoisotopic (exact) mass is 162 g/mol. The second-order valence-electron chi connectivity index (χ2n) is 1.43. The minimum Gasteiger partial charge on any atom is -0.386 e. The second kappa shape index (κ2) is 4.35. The third-order valence-corrected chi connectivity index (χ3v) is 1.94. The van der Waals surface area contributed by atoms with Crippen molar-refractivity contribution in [3.05, 3.63) is 0 Å². The van der Waals surface area contributed by atoms with Crippen molar-refractivity contribution in [2.45, 2.75) is 13.3 Å². The van der Waals surface area contributed by atoms with Crippen LogP contribution in [0.1, 0.15) is 13.3 Å². The minimum atomic E-state index is 0.587. The van der Waals surface area contributed by atoms with E-state index in [2.05, 4.69) is 30.0 Å². The molecule has 0 heterocycles. The quantitative estimate of drug-likeness (QED) is 0.366. The molecule has 45 valence electrons. The van der Waals surface area contributed by atoms with E-state index in [1.165, 1.54) is 0 Å². The van der Waals surface area contributed by atoms with Gasteiger partial charge < -0.3 is 4.57 Å². The molecular weight excluding hydrogens is 154 g/mol. The molecule has 0 atom stereocenters. The Kier molecular flexibility index (Phi) is 4.60. The van der Waals surface area contributed by atoms with Crippen LogP contribution >= 0.6 is 24.8 Å². The number of hydrogen-bond acceptors (Lipinski definition) is 1. The van der Waals surface area contributed by atoms with Crippen molar-refractivity contribution in [3.8, 4) is 0 Å². The molecule has 0 unspecified atom stereocenters. The summed E-state index contributed by atoms with van der Waals surface area (Å²) in [6.07, 6.45) is 1.07. The number of thiol groups is 1. The Morgan fingerprint density at radius 2 is 2.38 bits per heavy atom. The Bertz CT molecular complexity index is 86.1. The van der Waals surface area contributed by atoms with Crippen LogP contribution < -0.4 is 0 Å². The lowest BCUT2D eigenvalue weighted by molar-refractivity contribution is 0.654. The maximum absolute atomic E-state index is 4.73. The fourth-order valence-corrected chi connectivity index (χ4v) is 0.734. The molecule has 0 N–H and O–H groups in total. The summed E-state index contributed by atoms with van der Waals surface area (Å²) >= 11 is 8.66. The fourth-order valence-electron chi connectivity index (χ4n) is 0.319. The number of thiocarbonyl (C=S) groups is 1. The highest BCUT2D eigenvalue weighted by atomic mass is 32.1. The number of nitrogens with zero attached hydrogens (tertiary/aromatic N) is 1. The molecule has 0 aliphatic heterocycles. The minimum absolute atomic E-state index is 0.587. The Morgan fingerprint density at radius 1 is 1.88 bits per heavy atom. The topological polar surface area (TPSA) is 3.24 Å². The smallest absolute Gasteiger partial charge is 0.190 e. The van der Waals surface area contributed by atoms with E-state index in [4.69, 9.17) is 12.2 Å². The molecule has 0 aromatic carbocycles. The molecule has 0 bridgehead atoms. The number of hydrogen-bond donors (Lipinski definition) is 1. The molecule has 0 aromatic heterocycles. The van der Waals surface area contributed by atoms with Gasteiger partial charge in [0.05, 0.1) is 0 Å². The van der Waals surface area contributed by atoms with E-state index in [-0.39, 0.29) is 0 Å². The van der Waals surface area contributed by atoms with Crippen LogP contribution in [0.25, 0.3) is 0 Å². The van der Waals surface area contributed by atoms with Gasteiger partial charge >= 0.3 is 0 Å². The summed E-state index contributed by atoms with van der Waals surface area (Å²) in [6, 6.07) is 0. The molecule has 1 nitrogen and oxygen atoms in total. The first kappa shape index (κ1) is 8.46. The van der Waals surface area contributed by atoms with E-state index in [9.17, 15) is 0 Å². The molecule has 0 spiro atoms. The maximum atomic E-state index is 4.73. The van der Waals surface area contributed by atoms with Crippen molar-refractivity contribution in [1.29, 1.82) is 0 Å². The van der Waals surface area contributed by atoms with Crippen molar-refractivity contribution in [2.24, 2.45) is 0 Å². The van der Waals surface area contributed by atoms with E-state index in [0.717, 1.165) is 13.0 Å². The van der Waals surface area contributed by atoms with E-state index >= 15 is 0 Å². The van der Waals surface area contributed by atoms with Crippen LogP contribution in [0.15, 0.2) is 0 Å². The molecule has 8 heavy (non-hydrogen) atoms. The highest BCUT2D eigenvalue weighted by Crippen LogP contribution is 1.91. The summed E-state index contributed by atoms with van der Waals surface area (Å²) in [5, 5.41) is 0. The second-order valence-corrected chi connectivity index (χ2v) is 3.09. The lowest BCUT2D eigenvalue weighted by atomic mass is 10.5. The van der Waals surface area contributed by atoms with Crippen LogP contribution in [0, 0.1) is 0 Å². The summed E-state index contributed by atoms with van der Waals surface area (Å²) < 4.78 is 2.34. The molecule has 3 radical (unpaired) electrons. The Labute approximate surface area is 64.4 Å². The van der Waals surface area contributed by atoms with Gasteiger partial charge in [-0.05, 0) is 6.42 Å². The third-order valence-electron chi connectivity index (χ3n) is 0.678. The van der Waals surface area contributed by atoms with Gasteiger partial charge in [0.2, 0.25) is 0 Å². The standard InChI is InChI=1S/C4H8NS2Si/c1-2-3-5(8)4(6)7/h2-3H2,1H3,(H,6,7). The molecule has 0 rings (SSSR count). The van der Waals surface area contributed by atoms with Crippen LogP contribution in [0.2, 0.25) is 0 Å². The molecule has 0 amide bonds. The molecular formula is C4H8NS2Si. The first-order valence-corrected chi connectivity index (χ1v) is 3.70. The predicted molar refractivity (Wildman–Crippen MR) is 44.3 cm³/mol. The van der Waals surface area contributed by atoms with Gasteiger partial charge in [-0.2, -0.15) is 0 Å². The van der Waals surface area contributed by atoms with Gasteiger partial charge in [-0.3, -0.25) is 0 Å². The van der Waals surface area contributed by atoms with E-state index < -0.39 is 0 Å². The largest absolute Gasteiger partial charge is 0.386 e. The van der Waals surface area contributed by atoms with Crippen molar-refractivity contribution >= 4 is 39.6 Å². The fraction of sp³-hybridized carbons (Fsp3) is 0.750. The third kappa shape index (κ3) is 3.46. The van der Waals surface area contributed by atoms with Gasteiger partial charge in [-0.25, -0.2) is 0 Å². The van der Waals surface area contributed by atoms with E-state index in [1.54, 1.807) is 4.57 Å². The zero-order valence-corrected chi connectivity index (χ0v) is 7.43. The number of rotatable bonds is 2. The summed E-state index contributed by atoms with van der Waals surface area (Å²) in [6.45, 7) is 3.00. The zero-order chi connectivity index (χ0) is 6.57. The van der Waals surface area contributed by atoms with E-state index in [0.29, 0.717) is 4.32 Å². The molecule has 0 fully saturated rings. The van der Waals surface area contributed by atoms with Crippen molar-refractivity contribution in [3.63, 3.8) is 0 Å². The zero-order valence-electron chi connectivity index (χ0n) is 4.72. The highest BCUT2D eigenvalue weighted by molar-refractivity contribution is 8.11. The summed E-state index contributed by atoms with van der Waals surface area (Å²) in [5.41, 5.74) is 0. The molecule has 0 aliphatic rings. The average molecular weight is 162 g/mol. The van der Waals surface area contributed by atoms with Gasteiger partial charge in [0.1, 0.15) is 4.32 Å². The van der Waals surface area contributed by atoms with Crippen molar-refractivity contribution < 1.29 is 0 Å². The van der Waals surface area contributed by atoms with Crippen LogP contribution in [-0.4, -0.2) is 25.8 Å². The van der Waals surface area contributed by atoms with Crippen LogP contribution in [0.5, 0.6) is 0 Å². The maximum Gasteiger partial charge on any atom is 0.190 e. The normalized spacial score (nSPS) is 8.88. The molecule has 4 heteroatoms. The van der Waals surface area contributed by atoms with Crippen LogP contribution in [0.3, 0.4) is 0 Å². The van der Waals surface area contributed by atoms with Gasteiger partial charge in [0, 0.05) is 6.54 Å². The lowest BCUT2D eigenvalue weighted by Crippen LogP contribution is -2.22. The van der Waals surface area contributed by atoms with E-state index in [1.807, 2.05) is 0 Å². The summed E-state index contributed by atoms with van der Waals surface area (Å²) in [5.74, 6) is 0. The predicted octanol–water partition coefficient (Wildman–Crippen LogP) is 0.997. The van der Waals surface area contributed by atoms with Gasteiger partial charge in [-0.1, -0.05) is 19.1 Å². The Hall–Kier alpha value is 0.457. The molecule has 0 saturated heterocycles. The first-order valence-electron chi connectivity index (χ1n) is 2.40. The van der Waals surface area contributed by atoms with Gasteiger partial charge in [0.25, 0.3) is 0 Å². The van der Waals surface area contributed by atoms with Crippen LogP contribution in [0.4, 0.5) is 0 Å². The molecule has 0 aliphatic carbocycles. The lowest BCUT2D eigenvalue weighted by Gasteiger charge is -2.13.